The van der Waals surface area contributed by atoms with Crippen molar-refractivity contribution in [3.05, 3.63) is 11.6 Å². The molecule has 0 N–H and O–H groups in total. The third-order valence-electron chi connectivity index (χ3n) is 3.45. The van der Waals surface area contributed by atoms with E-state index in [1.165, 1.54) is 23.7 Å². The molecule has 5 rings (SSSR count). The van der Waals surface area contributed by atoms with E-state index in [2.05, 4.69) is 6.08 Å². The molecule has 0 nitrogen and oxygen atoms in total. The standard InChI is InChI=1S/C7H6/c1-2-4-5(2)7-3(1)6(4)7/h1-2,4-7H. The van der Waals surface area contributed by atoms with Crippen LogP contribution in [-0.4, -0.2) is 0 Å². The van der Waals surface area contributed by atoms with Gasteiger partial charge in [0.05, 0.1) is 0 Å². The summed E-state index contributed by atoms with van der Waals surface area (Å²) in [6, 6.07) is 0. The van der Waals surface area contributed by atoms with E-state index in [9.17, 15) is 0 Å². The minimum absolute atomic E-state index is 1.13. The van der Waals surface area contributed by atoms with Gasteiger partial charge in [-0.2, -0.15) is 0 Å². The van der Waals surface area contributed by atoms with Crippen LogP contribution in [0.15, 0.2) is 11.6 Å². The van der Waals surface area contributed by atoms with Gasteiger partial charge in [0, 0.05) is 0 Å². The molecule has 7 heavy (non-hydrogen) atoms. The van der Waals surface area contributed by atoms with Crippen molar-refractivity contribution in [2.45, 2.75) is 0 Å². The second kappa shape index (κ2) is 0.367. The Balaban J connectivity index is 2.34. The molecule has 0 heterocycles. The lowest BCUT2D eigenvalue weighted by atomic mass is 10.0. The molecule has 3 saturated carbocycles. The Labute approximate surface area is 42.2 Å². The molecule has 4 atom stereocenters. The Morgan fingerprint density at radius 2 is 1.86 bits per heavy atom. The summed E-state index contributed by atoms with van der Waals surface area (Å²) in [4.78, 5) is 0. The number of hydrogen-bond acceptors (Lipinski definition) is 0. The maximum atomic E-state index is 2.55. The van der Waals surface area contributed by atoms with Gasteiger partial charge < -0.3 is 0 Å². The Bertz CT molecular complexity index is 180. The largest absolute Gasteiger partial charge is 0.0810 e. The Kier molecular flexibility index (Phi) is 0.123. The predicted molar refractivity (Wildman–Crippen MR) is 25.5 cm³/mol. The molecule has 5 aliphatic carbocycles. The highest BCUT2D eigenvalue weighted by Crippen LogP contribution is 2.88. The molecule has 0 amide bonds. The van der Waals surface area contributed by atoms with Crippen LogP contribution >= 0.6 is 0 Å². The first-order chi connectivity index (χ1) is 3.48. The van der Waals surface area contributed by atoms with Crippen molar-refractivity contribution in [3.8, 4) is 0 Å². The molecule has 0 saturated heterocycles. The minimum Gasteiger partial charge on any atom is -0.0810 e. The average Bonchev–Trinajstić information content (AvgIpc) is 2.18. The second-order valence-corrected chi connectivity index (χ2v) is 3.45. The fourth-order valence-corrected chi connectivity index (χ4v) is 3.11. The van der Waals surface area contributed by atoms with Crippen LogP contribution in [-0.2, 0) is 0 Å². The summed E-state index contributed by atoms with van der Waals surface area (Å²) >= 11 is 0. The molecule has 4 unspecified atom stereocenters. The predicted octanol–water partition coefficient (Wildman–Crippen LogP) is 1.05. The van der Waals surface area contributed by atoms with Gasteiger partial charge in [-0.25, -0.2) is 0 Å². The summed E-state index contributed by atoms with van der Waals surface area (Å²) in [6.07, 6.45) is 2.55. The summed E-state index contributed by atoms with van der Waals surface area (Å²) in [5, 5.41) is 0. The summed E-state index contributed by atoms with van der Waals surface area (Å²) in [5.74, 6) is 5.93. The molecule has 34 valence electrons. The Hall–Kier alpha value is -0.260. The summed E-state index contributed by atoms with van der Waals surface area (Å²) < 4.78 is 0. The topological polar surface area (TPSA) is 0 Å². The summed E-state index contributed by atoms with van der Waals surface area (Å²) in [6.45, 7) is 0. The van der Waals surface area contributed by atoms with Crippen LogP contribution in [0, 0.1) is 29.6 Å². The normalized spacial score (nSPS) is 84.6. The molecule has 2 bridgehead atoms. The van der Waals surface area contributed by atoms with E-state index in [4.69, 9.17) is 0 Å². The molecule has 0 aliphatic heterocycles. The van der Waals surface area contributed by atoms with Gasteiger partial charge in [0.1, 0.15) is 0 Å². The quantitative estimate of drug-likeness (QED) is 0.390. The molecule has 5 aliphatic rings. The molecular formula is C7H6. The maximum absolute atomic E-state index is 2.55. The van der Waals surface area contributed by atoms with Crippen LogP contribution in [0.2, 0.25) is 0 Å². The summed E-state index contributed by atoms with van der Waals surface area (Å²) in [7, 11) is 0. The van der Waals surface area contributed by atoms with E-state index in [-0.39, 0.29) is 0 Å². The third kappa shape index (κ3) is 0.0797. The highest BCUT2D eigenvalue weighted by molar-refractivity contribution is 5.56. The zero-order valence-electron chi connectivity index (χ0n) is 3.96. The number of rotatable bonds is 0. The number of allylic oxidation sites excluding steroid dienone is 2. The van der Waals surface area contributed by atoms with Gasteiger partial charge in [-0.05, 0) is 29.6 Å². The van der Waals surface area contributed by atoms with Crippen LogP contribution in [0.3, 0.4) is 0 Å². The first kappa shape index (κ1) is 2.34. The van der Waals surface area contributed by atoms with Crippen molar-refractivity contribution in [2.24, 2.45) is 29.6 Å². The zero-order chi connectivity index (χ0) is 4.17. The highest BCUT2D eigenvalue weighted by atomic mass is 14.9. The lowest BCUT2D eigenvalue weighted by Crippen LogP contribution is -2.00. The van der Waals surface area contributed by atoms with Gasteiger partial charge in [-0.3, -0.25) is 0 Å². The van der Waals surface area contributed by atoms with E-state index in [1.807, 2.05) is 5.57 Å². The van der Waals surface area contributed by atoms with Crippen LogP contribution in [0.5, 0.6) is 0 Å². The molecule has 0 aromatic heterocycles. The molecule has 0 aromatic rings. The van der Waals surface area contributed by atoms with E-state index >= 15 is 0 Å². The number of hydrogen-bond donors (Lipinski definition) is 0. The van der Waals surface area contributed by atoms with Gasteiger partial charge in [-0.1, -0.05) is 11.6 Å². The van der Waals surface area contributed by atoms with Crippen molar-refractivity contribution < 1.29 is 0 Å². The van der Waals surface area contributed by atoms with Gasteiger partial charge in [0.25, 0.3) is 0 Å². The molecule has 0 heteroatoms. The highest BCUT2D eigenvalue weighted by Gasteiger charge is 2.83. The van der Waals surface area contributed by atoms with Gasteiger partial charge in [0.15, 0.2) is 0 Å². The third-order valence-corrected chi connectivity index (χ3v) is 3.45. The van der Waals surface area contributed by atoms with Crippen LogP contribution in [0.1, 0.15) is 0 Å². The Morgan fingerprint density at radius 1 is 1.14 bits per heavy atom. The molecule has 0 radical (unpaired) electrons. The monoisotopic (exact) mass is 90.0 g/mol. The van der Waals surface area contributed by atoms with E-state index in [0.717, 1.165) is 5.92 Å². The van der Waals surface area contributed by atoms with Crippen LogP contribution < -0.4 is 0 Å². The van der Waals surface area contributed by atoms with E-state index in [0.29, 0.717) is 0 Å². The van der Waals surface area contributed by atoms with Crippen molar-refractivity contribution in [1.29, 1.82) is 0 Å². The molecular weight excluding hydrogens is 84.1 g/mol. The fourth-order valence-electron chi connectivity index (χ4n) is 3.11. The van der Waals surface area contributed by atoms with Gasteiger partial charge in [-0.15, -0.1) is 0 Å². The van der Waals surface area contributed by atoms with Gasteiger partial charge >= 0.3 is 0 Å². The van der Waals surface area contributed by atoms with E-state index < -0.39 is 0 Å². The molecule has 0 spiro atoms. The SMILES string of the molecule is C1=C2C3C2C2C1C32. The smallest absolute Gasteiger partial charge is 0.00941 e. The minimum atomic E-state index is 1.13. The second-order valence-electron chi connectivity index (χ2n) is 3.45. The first-order valence-electron chi connectivity index (χ1n) is 3.20. The lowest BCUT2D eigenvalue weighted by molar-refractivity contribution is 0.434. The van der Waals surface area contributed by atoms with Crippen molar-refractivity contribution in [3.63, 3.8) is 0 Å². The lowest BCUT2D eigenvalue weighted by Gasteiger charge is -2.02. The summed E-state index contributed by atoms with van der Waals surface area (Å²) in [5.41, 5.74) is 1.86. The Morgan fingerprint density at radius 3 is 2.00 bits per heavy atom. The average molecular weight is 90.1 g/mol. The maximum Gasteiger partial charge on any atom is -0.00941 e. The zero-order valence-corrected chi connectivity index (χ0v) is 3.96. The molecule has 0 aromatic carbocycles. The fraction of sp³-hybridized carbons (Fsp3) is 0.714. The first-order valence-corrected chi connectivity index (χ1v) is 3.20. The van der Waals surface area contributed by atoms with Crippen molar-refractivity contribution in [1.82, 2.24) is 0 Å². The van der Waals surface area contributed by atoms with Gasteiger partial charge in [0.2, 0.25) is 0 Å². The van der Waals surface area contributed by atoms with E-state index in [1.54, 1.807) is 0 Å². The van der Waals surface area contributed by atoms with Crippen molar-refractivity contribution >= 4 is 0 Å². The van der Waals surface area contributed by atoms with Crippen molar-refractivity contribution in [2.75, 3.05) is 0 Å². The molecule has 3 fully saturated rings. The van der Waals surface area contributed by atoms with Crippen LogP contribution in [0.25, 0.3) is 0 Å². The van der Waals surface area contributed by atoms with Crippen LogP contribution in [0.4, 0.5) is 0 Å².